The van der Waals surface area contributed by atoms with Crippen molar-refractivity contribution in [3.63, 3.8) is 0 Å². The van der Waals surface area contributed by atoms with Gasteiger partial charge < -0.3 is 10.6 Å². The van der Waals surface area contributed by atoms with Crippen molar-refractivity contribution >= 4 is 17.4 Å². The van der Waals surface area contributed by atoms with Crippen LogP contribution in [0, 0.1) is 5.92 Å². The van der Waals surface area contributed by atoms with Crippen LogP contribution in [0.3, 0.4) is 0 Å². The molecule has 1 saturated carbocycles. The standard InChI is InChI=1S/C13H22N4OS/c1-3-10-12(19-16-15-10)13(18)17(2)11-7-5-4-6-9(11)8-14/h9,11H,3-8,14H2,1-2H3. The molecule has 0 radical (unpaired) electrons. The SMILES string of the molecule is CCc1nnsc1C(=O)N(C)C1CCCCC1CN. The van der Waals surface area contributed by atoms with Crippen LogP contribution in [-0.4, -0.2) is 40.0 Å². The molecule has 106 valence electrons. The maximum Gasteiger partial charge on any atom is 0.267 e. The van der Waals surface area contributed by atoms with Gasteiger partial charge in [-0.1, -0.05) is 24.3 Å². The van der Waals surface area contributed by atoms with E-state index in [1.54, 1.807) is 0 Å². The molecule has 5 nitrogen and oxygen atoms in total. The van der Waals surface area contributed by atoms with Crippen molar-refractivity contribution in [3.05, 3.63) is 10.6 Å². The Morgan fingerprint density at radius 3 is 2.89 bits per heavy atom. The van der Waals surface area contributed by atoms with E-state index in [2.05, 4.69) is 9.59 Å². The number of amides is 1. The number of aryl methyl sites for hydroxylation is 1. The molecular weight excluding hydrogens is 260 g/mol. The fourth-order valence-corrected chi connectivity index (χ4v) is 3.62. The highest BCUT2D eigenvalue weighted by atomic mass is 32.1. The van der Waals surface area contributed by atoms with E-state index in [0.29, 0.717) is 17.3 Å². The van der Waals surface area contributed by atoms with Crippen molar-refractivity contribution in [2.24, 2.45) is 11.7 Å². The van der Waals surface area contributed by atoms with Gasteiger partial charge in [-0.15, -0.1) is 5.10 Å². The summed E-state index contributed by atoms with van der Waals surface area (Å²) in [5, 5.41) is 4.02. The topological polar surface area (TPSA) is 72.1 Å². The molecule has 19 heavy (non-hydrogen) atoms. The number of hydrogen-bond acceptors (Lipinski definition) is 5. The first kappa shape index (κ1) is 14.4. The Hall–Kier alpha value is -1.01. The molecule has 1 fully saturated rings. The molecule has 2 atom stereocenters. The molecule has 1 aliphatic carbocycles. The van der Waals surface area contributed by atoms with Crippen LogP contribution < -0.4 is 5.73 Å². The van der Waals surface area contributed by atoms with Crippen molar-refractivity contribution < 1.29 is 4.79 Å². The Balaban J connectivity index is 2.14. The Morgan fingerprint density at radius 2 is 2.21 bits per heavy atom. The van der Waals surface area contributed by atoms with E-state index in [9.17, 15) is 4.79 Å². The predicted molar refractivity (Wildman–Crippen MR) is 76.2 cm³/mol. The number of aromatic nitrogens is 2. The summed E-state index contributed by atoms with van der Waals surface area (Å²) in [5.41, 5.74) is 6.65. The zero-order valence-electron chi connectivity index (χ0n) is 11.6. The minimum absolute atomic E-state index is 0.0530. The van der Waals surface area contributed by atoms with Gasteiger partial charge in [-0.05, 0) is 43.3 Å². The molecule has 1 heterocycles. The lowest BCUT2D eigenvalue weighted by molar-refractivity contribution is 0.0624. The normalized spacial score (nSPS) is 23.3. The average molecular weight is 282 g/mol. The maximum atomic E-state index is 12.6. The Morgan fingerprint density at radius 1 is 1.47 bits per heavy atom. The number of rotatable bonds is 4. The molecule has 0 aliphatic heterocycles. The third-order valence-corrected chi connectivity index (χ3v) is 4.83. The minimum atomic E-state index is 0.0530. The number of carbonyl (C=O) groups excluding carboxylic acids is 1. The maximum absolute atomic E-state index is 12.6. The molecular formula is C13H22N4OS. The van der Waals surface area contributed by atoms with Crippen molar-refractivity contribution in [1.82, 2.24) is 14.5 Å². The second-order valence-corrected chi connectivity index (χ2v) is 5.92. The van der Waals surface area contributed by atoms with Crippen LogP contribution in [0.5, 0.6) is 0 Å². The fraction of sp³-hybridized carbons (Fsp3) is 0.769. The highest BCUT2D eigenvalue weighted by Crippen LogP contribution is 2.28. The third-order valence-electron chi connectivity index (χ3n) is 4.07. The first-order valence-electron chi connectivity index (χ1n) is 6.97. The van der Waals surface area contributed by atoms with E-state index in [1.165, 1.54) is 24.4 Å². The van der Waals surface area contributed by atoms with E-state index in [4.69, 9.17) is 5.73 Å². The second kappa shape index (κ2) is 6.43. The van der Waals surface area contributed by atoms with Gasteiger partial charge in [-0.25, -0.2) is 0 Å². The Labute approximate surface area is 118 Å². The molecule has 2 N–H and O–H groups in total. The van der Waals surface area contributed by atoms with Gasteiger partial charge in [0.1, 0.15) is 4.88 Å². The van der Waals surface area contributed by atoms with Crippen molar-refractivity contribution in [1.29, 1.82) is 0 Å². The highest BCUT2D eigenvalue weighted by Gasteiger charge is 2.31. The van der Waals surface area contributed by atoms with Gasteiger partial charge in [0.2, 0.25) is 0 Å². The van der Waals surface area contributed by atoms with E-state index >= 15 is 0 Å². The van der Waals surface area contributed by atoms with Gasteiger partial charge in [-0.2, -0.15) is 0 Å². The summed E-state index contributed by atoms with van der Waals surface area (Å²) < 4.78 is 3.90. The van der Waals surface area contributed by atoms with Crippen LogP contribution >= 0.6 is 11.5 Å². The second-order valence-electron chi connectivity index (χ2n) is 5.17. The smallest absolute Gasteiger partial charge is 0.267 e. The minimum Gasteiger partial charge on any atom is -0.338 e. The summed E-state index contributed by atoms with van der Waals surface area (Å²) in [7, 11) is 1.89. The van der Waals surface area contributed by atoms with Crippen molar-refractivity contribution in [2.45, 2.75) is 45.1 Å². The van der Waals surface area contributed by atoms with Crippen LogP contribution in [0.4, 0.5) is 0 Å². The lowest BCUT2D eigenvalue weighted by atomic mass is 9.83. The summed E-state index contributed by atoms with van der Waals surface area (Å²) in [6, 6.07) is 0.262. The first-order valence-corrected chi connectivity index (χ1v) is 7.74. The lowest BCUT2D eigenvalue weighted by Gasteiger charge is -2.37. The molecule has 2 rings (SSSR count). The van der Waals surface area contributed by atoms with E-state index in [0.717, 1.165) is 25.0 Å². The van der Waals surface area contributed by atoms with Crippen molar-refractivity contribution in [2.75, 3.05) is 13.6 Å². The molecule has 2 unspecified atom stereocenters. The molecule has 0 bridgehead atoms. The van der Waals surface area contributed by atoms with E-state index in [-0.39, 0.29) is 11.9 Å². The summed E-state index contributed by atoms with van der Waals surface area (Å²) >= 11 is 1.20. The molecule has 0 saturated heterocycles. The number of nitrogens with zero attached hydrogens (tertiary/aromatic N) is 3. The van der Waals surface area contributed by atoms with E-state index < -0.39 is 0 Å². The average Bonchev–Trinajstić information content (AvgIpc) is 2.94. The molecule has 0 aromatic carbocycles. The van der Waals surface area contributed by atoms with Crippen LogP contribution in [-0.2, 0) is 6.42 Å². The highest BCUT2D eigenvalue weighted by molar-refractivity contribution is 7.08. The van der Waals surface area contributed by atoms with Gasteiger partial charge in [-0.3, -0.25) is 4.79 Å². The van der Waals surface area contributed by atoms with Gasteiger partial charge in [0.05, 0.1) is 5.69 Å². The summed E-state index contributed by atoms with van der Waals surface area (Å²) in [6.07, 6.45) is 5.33. The molecule has 6 heteroatoms. The van der Waals surface area contributed by atoms with Crippen LogP contribution in [0.15, 0.2) is 0 Å². The van der Waals surface area contributed by atoms with Gasteiger partial charge in [0, 0.05) is 13.1 Å². The predicted octanol–water partition coefficient (Wildman–Crippen LogP) is 1.69. The van der Waals surface area contributed by atoms with Gasteiger partial charge in [0.15, 0.2) is 0 Å². The molecule has 1 aromatic heterocycles. The van der Waals surface area contributed by atoms with Gasteiger partial charge in [0.25, 0.3) is 5.91 Å². The summed E-state index contributed by atoms with van der Waals surface area (Å²) in [5.74, 6) is 0.478. The molecule has 1 aliphatic rings. The quantitative estimate of drug-likeness (QED) is 0.912. The zero-order chi connectivity index (χ0) is 13.8. The summed E-state index contributed by atoms with van der Waals surface area (Å²) in [6.45, 7) is 2.65. The summed E-state index contributed by atoms with van der Waals surface area (Å²) in [4.78, 5) is 15.1. The van der Waals surface area contributed by atoms with E-state index in [1.807, 2.05) is 18.9 Å². The zero-order valence-corrected chi connectivity index (χ0v) is 12.4. The number of carbonyl (C=O) groups is 1. The molecule has 1 aromatic rings. The number of hydrogen-bond donors (Lipinski definition) is 1. The molecule has 0 spiro atoms. The van der Waals surface area contributed by atoms with Crippen LogP contribution in [0.1, 0.15) is 48.0 Å². The first-order chi connectivity index (χ1) is 9.19. The Kier molecular flexibility index (Phi) is 4.87. The monoisotopic (exact) mass is 282 g/mol. The van der Waals surface area contributed by atoms with Crippen LogP contribution in [0.2, 0.25) is 0 Å². The molecule has 1 amide bonds. The van der Waals surface area contributed by atoms with Gasteiger partial charge >= 0.3 is 0 Å². The number of nitrogens with two attached hydrogens (primary N) is 1. The lowest BCUT2D eigenvalue weighted by Crippen LogP contribution is -2.45. The Bertz CT molecular complexity index is 434. The van der Waals surface area contributed by atoms with Crippen LogP contribution in [0.25, 0.3) is 0 Å². The van der Waals surface area contributed by atoms with Crippen molar-refractivity contribution in [3.8, 4) is 0 Å². The third kappa shape index (κ3) is 2.95. The fourth-order valence-electron chi connectivity index (χ4n) is 2.89. The largest absolute Gasteiger partial charge is 0.338 e.